The lowest BCUT2D eigenvalue weighted by Gasteiger charge is -2.11. The second kappa shape index (κ2) is 5.50. The standard InChI is InChI=1S/C6H12N2O4/c1-2-12-6(10)4-8(11)5(9)3-7/h11H,2-4,7H2,1H3. The molecule has 0 unspecified atom stereocenters. The molecule has 0 fully saturated rings. The maximum absolute atomic E-state index is 10.7. The number of carbonyl (C=O) groups excluding carboxylic acids is 2. The maximum atomic E-state index is 10.7. The lowest BCUT2D eigenvalue weighted by atomic mass is 10.5. The van der Waals surface area contributed by atoms with Gasteiger partial charge in [0.15, 0.2) is 0 Å². The van der Waals surface area contributed by atoms with Gasteiger partial charge in [-0.25, -0.2) is 5.06 Å². The van der Waals surface area contributed by atoms with Crippen LogP contribution in [0.25, 0.3) is 0 Å². The highest BCUT2D eigenvalue weighted by Crippen LogP contribution is 1.85. The zero-order valence-electron chi connectivity index (χ0n) is 6.82. The van der Waals surface area contributed by atoms with E-state index in [1.807, 2.05) is 0 Å². The van der Waals surface area contributed by atoms with Crippen LogP contribution in [-0.2, 0) is 14.3 Å². The van der Waals surface area contributed by atoms with E-state index in [1.165, 1.54) is 0 Å². The van der Waals surface area contributed by atoms with Crippen LogP contribution < -0.4 is 5.73 Å². The zero-order valence-corrected chi connectivity index (χ0v) is 6.82. The van der Waals surface area contributed by atoms with Gasteiger partial charge in [0.25, 0.3) is 5.91 Å². The first kappa shape index (κ1) is 10.9. The maximum Gasteiger partial charge on any atom is 0.328 e. The van der Waals surface area contributed by atoms with Crippen LogP contribution in [0.15, 0.2) is 0 Å². The van der Waals surface area contributed by atoms with E-state index >= 15 is 0 Å². The van der Waals surface area contributed by atoms with Crippen molar-refractivity contribution >= 4 is 11.9 Å². The summed E-state index contributed by atoms with van der Waals surface area (Å²) in [7, 11) is 0. The number of carbonyl (C=O) groups is 2. The summed E-state index contributed by atoms with van der Waals surface area (Å²) in [5.41, 5.74) is 4.92. The molecule has 0 aromatic heterocycles. The van der Waals surface area contributed by atoms with Gasteiger partial charge in [-0.2, -0.15) is 0 Å². The van der Waals surface area contributed by atoms with Gasteiger partial charge in [-0.3, -0.25) is 14.8 Å². The zero-order chi connectivity index (χ0) is 9.56. The molecule has 12 heavy (non-hydrogen) atoms. The quantitative estimate of drug-likeness (QED) is 0.316. The van der Waals surface area contributed by atoms with Crippen LogP contribution in [0.2, 0.25) is 0 Å². The van der Waals surface area contributed by atoms with Crippen LogP contribution in [0, 0.1) is 0 Å². The van der Waals surface area contributed by atoms with Crippen LogP contribution in [0.1, 0.15) is 6.92 Å². The molecule has 0 saturated heterocycles. The Labute approximate surface area is 69.8 Å². The average molecular weight is 176 g/mol. The van der Waals surface area contributed by atoms with Crippen molar-refractivity contribution in [1.29, 1.82) is 0 Å². The molecule has 6 heteroatoms. The molecule has 3 N–H and O–H groups in total. The molecule has 0 heterocycles. The number of ether oxygens (including phenoxy) is 1. The summed E-state index contributed by atoms with van der Waals surface area (Å²) in [5.74, 6) is -1.38. The first-order chi connectivity index (χ1) is 5.61. The molecule has 0 spiro atoms. The fraction of sp³-hybridized carbons (Fsp3) is 0.667. The third kappa shape index (κ3) is 3.89. The van der Waals surface area contributed by atoms with Crippen LogP contribution in [0.5, 0.6) is 0 Å². The van der Waals surface area contributed by atoms with E-state index in [1.54, 1.807) is 6.92 Å². The van der Waals surface area contributed by atoms with Gasteiger partial charge in [0, 0.05) is 0 Å². The first-order valence-electron chi connectivity index (χ1n) is 3.46. The molecule has 1 amide bonds. The van der Waals surface area contributed by atoms with Crippen LogP contribution in [0.3, 0.4) is 0 Å². The molecule has 0 aliphatic rings. The first-order valence-corrected chi connectivity index (χ1v) is 3.46. The minimum atomic E-state index is -0.719. The summed E-state index contributed by atoms with van der Waals surface area (Å²) in [5, 5.41) is 9.05. The molecule has 0 rings (SSSR count). The van der Waals surface area contributed by atoms with Gasteiger partial charge >= 0.3 is 5.97 Å². The normalized spacial score (nSPS) is 9.25. The lowest BCUT2D eigenvalue weighted by molar-refractivity contribution is -0.174. The van der Waals surface area contributed by atoms with E-state index in [9.17, 15) is 9.59 Å². The van der Waals surface area contributed by atoms with Crippen molar-refractivity contribution in [3.05, 3.63) is 0 Å². The van der Waals surface area contributed by atoms with E-state index in [4.69, 9.17) is 10.9 Å². The van der Waals surface area contributed by atoms with Gasteiger partial charge in [-0.1, -0.05) is 0 Å². The molecule has 0 bridgehead atoms. The summed E-state index contributed by atoms with van der Waals surface area (Å²) in [6, 6.07) is 0. The molecule has 70 valence electrons. The third-order valence-corrected chi connectivity index (χ3v) is 1.05. The number of hydroxylamine groups is 2. The number of rotatable bonds is 4. The molecule has 6 nitrogen and oxygen atoms in total. The van der Waals surface area contributed by atoms with Crippen molar-refractivity contribution in [1.82, 2.24) is 5.06 Å². The van der Waals surface area contributed by atoms with Crippen molar-refractivity contribution < 1.29 is 19.5 Å². The highest BCUT2D eigenvalue weighted by molar-refractivity contribution is 5.82. The molecule has 0 aliphatic heterocycles. The Morgan fingerprint density at radius 2 is 2.17 bits per heavy atom. The molecule has 0 radical (unpaired) electrons. The Bertz CT molecular complexity index is 171. The molecular formula is C6H12N2O4. The van der Waals surface area contributed by atoms with E-state index in [0.717, 1.165) is 0 Å². The van der Waals surface area contributed by atoms with E-state index in [2.05, 4.69) is 4.74 Å². The Morgan fingerprint density at radius 1 is 1.58 bits per heavy atom. The molecule has 0 atom stereocenters. The van der Waals surface area contributed by atoms with Gasteiger partial charge in [0.05, 0.1) is 13.2 Å². The average Bonchev–Trinajstić information content (AvgIpc) is 2.03. The van der Waals surface area contributed by atoms with Crippen LogP contribution >= 0.6 is 0 Å². The fourth-order valence-electron chi connectivity index (χ4n) is 0.522. The molecular weight excluding hydrogens is 164 g/mol. The fourth-order valence-corrected chi connectivity index (χ4v) is 0.522. The minimum absolute atomic E-state index is 0.212. The minimum Gasteiger partial charge on any atom is -0.465 e. The van der Waals surface area contributed by atoms with E-state index in [-0.39, 0.29) is 18.2 Å². The predicted octanol–water partition coefficient (Wildman–Crippen LogP) is -1.27. The number of hydrogen-bond acceptors (Lipinski definition) is 5. The Balaban J connectivity index is 3.75. The number of nitrogens with zero attached hydrogens (tertiary/aromatic N) is 1. The number of esters is 1. The van der Waals surface area contributed by atoms with Crippen molar-refractivity contribution in [3.63, 3.8) is 0 Å². The molecule has 0 aromatic carbocycles. The Hall–Kier alpha value is -1.14. The van der Waals surface area contributed by atoms with Crippen molar-refractivity contribution in [3.8, 4) is 0 Å². The second-order valence-electron chi connectivity index (χ2n) is 1.96. The summed E-state index contributed by atoms with van der Waals surface area (Å²) in [4.78, 5) is 21.3. The monoisotopic (exact) mass is 176 g/mol. The summed E-state index contributed by atoms with van der Waals surface area (Å²) < 4.78 is 4.47. The number of hydrogen-bond donors (Lipinski definition) is 2. The van der Waals surface area contributed by atoms with Crippen LogP contribution in [-0.4, -0.2) is 41.8 Å². The van der Waals surface area contributed by atoms with Gasteiger partial charge in [0.1, 0.15) is 6.54 Å². The number of nitrogens with two attached hydrogens (primary N) is 1. The largest absolute Gasteiger partial charge is 0.465 e. The van der Waals surface area contributed by atoms with E-state index < -0.39 is 18.4 Å². The van der Waals surface area contributed by atoms with Crippen molar-refractivity contribution in [2.45, 2.75) is 6.92 Å². The van der Waals surface area contributed by atoms with Crippen molar-refractivity contribution in [2.24, 2.45) is 5.73 Å². The summed E-state index contributed by atoms with van der Waals surface area (Å²) in [6.45, 7) is 1.02. The smallest absolute Gasteiger partial charge is 0.328 e. The molecule has 0 aliphatic carbocycles. The van der Waals surface area contributed by atoms with Gasteiger partial charge < -0.3 is 10.5 Å². The topological polar surface area (TPSA) is 92.9 Å². The van der Waals surface area contributed by atoms with Crippen molar-refractivity contribution in [2.75, 3.05) is 19.7 Å². The van der Waals surface area contributed by atoms with E-state index in [0.29, 0.717) is 0 Å². The summed E-state index contributed by atoms with van der Waals surface area (Å²) >= 11 is 0. The number of amides is 1. The SMILES string of the molecule is CCOC(=O)CN(O)C(=O)CN. The van der Waals surface area contributed by atoms with Gasteiger partial charge in [-0.15, -0.1) is 0 Å². The Morgan fingerprint density at radius 3 is 2.58 bits per heavy atom. The van der Waals surface area contributed by atoms with Crippen LogP contribution in [0.4, 0.5) is 0 Å². The Kier molecular flexibility index (Phi) is 4.98. The highest BCUT2D eigenvalue weighted by Gasteiger charge is 2.13. The van der Waals surface area contributed by atoms with Gasteiger partial charge in [0.2, 0.25) is 0 Å². The predicted molar refractivity (Wildman–Crippen MR) is 39.2 cm³/mol. The van der Waals surface area contributed by atoms with Gasteiger partial charge in [-0.05, 0) is 6.92 Å². The molecule has 0 aromatic rings. The highest BCUT2D eigenvalue weighted by atomic mass is 16.6. The summed E-state index contributed by atoms with van der Waals surface area (Å²) in [6.07, 6.45) is 0. The lowest BCUT2D eigenvalue weighted by Crippen LogP contribution is -2.37. The molecule has 0 saturated carbocycles. The third-order valence-electron chi connectivity index (χ3n) is 1.05. The second-order valence-corrected chi connectivity index (χ2v) is 1.96.